The highest BCUT2D eigenvalue weighted by Gasteiger charge is 2.44. The Bertz CT molecular complexity index is 739. The van der Waals surface area contributed by atoms with Crippen LogP contribution in [0.2, 0.25) is 0 Å². The molecule has 0 aliphatic carbocycles. The fourth-order valence-electron chi connectivity index (χ4n) is 3.38. The molecule has 1 N–H and O–H groups in total. The fraction of sp³-hybridized carbons (Fsp3) is 0.389. The highest BCUT2D eigenvalue weighted by Crippen LogP contribution is 2.38. The number of fused-ring (bicyclic) bond motifs is 1. The van der Waals surface area contributed by atoms with Crippen LogP contribution in [0.15, 0.2) is 24.3 Å². The molecule has 1 spiro atoms. The molecule has 0 radical (unpaired) electrons. The van der Waals surface area contributed by atoms with E-state index in [1.165, 1.54) is 13.0 Å². The van der Waals surface area contributed by atoms with Gasteiger partial charge in [-0.05, 0) is 36.6 Å². The average molecular weight is 329 g/mol. The van der Waals surface area contributed by atoms with Crippen molar-refractivity contribution >= 4 is 23.7 Å². The molecule has 1 amide bonds. The van der Waals surface area contributed by atoms with Crippen LogP contribution in [0.4, 0.5) is 0 Å². The molecule has 0 bridgehead atoms. The topological polar surface area (TPSA) is 83.9 Å². The maximum atomic E-state index is 12.6. The zero-order valence-corrected chi connectivity index (χ0v) is 13.4. The van der Waals surface area contributed by atoms with Crippen molar-refractivity contribution in [2.24, 2.45) is 0 Å². The van der Waals surface area contributed by atoms with Crippen LogP contribution in [0.1, 0.15) is 42.1 Å². The third-order valence-electron chi connectivity index (χ3n) is 4.52. The minimum absolute atomic E-state index is 0.00919. The first-order chi connectivity index (χ1) is 11.4. The number of carboxylic acid groups (broad SMARTS) is 1. The van der Waals surface area contributed by atoms with Crippen molar-refractivity contribution in [1.82, 2.24) is 4.90 Å². The third-order valence-corrected chi connectivity index (χ3v) is 4.52. The summed E-state index contributed by atoms with van der Waals surface area (Å²) in [6.07, 6.45) is 4.25. The third kappa shape index (κ3) is 3.18. The number of carboxylic acids is 1. The standard InChI is InChI=1S/C18H19NO5/c1-12(20)19-8-2-7-18(11-19)10-15(21)14-9-13(4-6-17(22)23)3-5-16(14)24-18/h3-6,9H,2,7-8,10-11H2,1H3,(H,22,23). The normalized spacial score (nSPS) is 23.2. The predicted octanol–water partition coefficient (Wildman–Crippen LogP) is 2.13. The molecule has 1 aromatic rings. The summed E-state index contributed by atoms with van der Waals surface area (Å²) in [5, 5.41) is 8.69. The van der Waals surface area contributed by atoms with Crippen molar-refractivity contribution in [3.63, 3.8) is 0 Å². The molecule has 1 fully saturated rings. The predicted molar refractivity (Wildman–Crippen MR) is 86.9 cm³/mol. The van der Waals surface area contributed by atoms with Crippen LogP contribution >= 0.6 is 0 Å². The van der Waals surface area contributed by atoms with E-state index in [0.717, 1.165) is 18.9 Å². The van der Waals surface area contributed by atoms with Crippen LogP contribution in [-0.2, 0) is 9.59 Å². The summed E-state index contributed by atoms with van der Waals surface area (Å²) < 4.78 is 6.14. The van der Waals surface area contributed by atoms with Crippen molar-refractivity contribution in [2.75, 3.05) is 13.1 Å². The van der Waals surface area contributed by atoms with Crippen LogP contribution in [0.3, 0.4) is 0 Å². The van der Waals surface area contributed by atoms with Gasteiger partial charge in [-0.1, -0.05) is 6.07 Å². The van der Waals surface area contributed by atoms with Gasteiger partial charge in [-0.3, -0.25) is 9.59 Å². The van der Waals surface area contributed by atoms with E-state index in [1.54, 1.807) is 23.1 Å². The molecular weight excluding hydrogens is 310 g/mol. The fourth-order valence-corrected chi connectivity index (χ4v) is 3.38. The van der Waals surface area contributed by atoms with Crippen LogP contribution in [-0.4, -0.2) is 46.4 Å². The number of ketones is 1. The molecule has 1 saturated heterocycles. The quantitative estimate of drug-likeness (QED) is 0.840. The molecule has 2 aliphatic rings. The van der Waals surface area contributed by atoms with Crippen molar-refractivity contribution in [3.8, 4) is 5.75 Å². The highest BCUT2D eigenvalue weighted by atomic mass is 16.5. The summed E-state index contributed by atoms with van der Waals surface area (Å²) in [5.74, 6) is -0.581. The lowest BCUT2D eigenvalue weighted by Gasteiger charge is -2.44. The van der Waals surface area contributed by atoms with Gasteiger partial charge in [-0.25, -0.2) is 4.79 Å². The lowest BCUT2D eigenvalue weighted by atomic mass is 9.83. The smallest absolute Gasteiger partial charge is 0.328 e. The number of benzene rings is 1. The first-order valence-corrected chi connectivity index (χ1v) is 7.91. The molecule has 3 rings (SSSR count). The Kier molecular flexibility index (Phi) is 4.13. The number of hydrogen-bond donors (Lipinski definition) is 1. The van der Waals surface area contributed by atoms with Gasteiger partial charge in [0.15, 0.2) is 5.78 Å². The summed E-state index contributed by atoms with van der Waals surface area (Å²) >= 11 is 0. The molecule has 126 valence electrons. The Balaban J connectivity index is 1.87. The molecule has 6 nitrogen and oxygen atoms in total. The summed E-state index contributed by atoms with van der Waals surface area (Å²) in [6, 6.07) is 5.06. The van der Waals surface area contributed by atoms with Crippen molar-refractivity contribution in [3.05, 3.63) is 35.4 Å². The number of aliphatic carboxylic acids is 1. The van der Waals surface area contributed by atoms with E-state index in [-0.39, 0.29) is 18.1 Å². The van der Waals surface area contributed by atoms with E-state index in [1.807, 2.05) is 0 Å². The SMILES string of the molecule is CC(=O)N1CCCC2(CC(=O)c3cc(C=CC(=O)O)ccc3O2)C1. The Morgan fingerprint density at radius 2 is 2.17 bits per heavy atom. The van der Waals surface area contributed by atoms with Gasteiger partial charge >= 0.3 is 5.97 Å². The van der Waals surface area contributed by atoms with E-state index in [2.05, 4.69) is 0 Å². The van der Waals surface area contributed by atoms with E-state index in [4.69, 9.17) is 9.84 Å². The first kappa shape index (κ1) is 16.2. The Morgan fingerprint density at radius 1 is 1.38 bits per heavy atom. The molecular formula is C18H19NO5. The van der Waals surface area contributed by atoms with Gasteiger partial charge in [0.25, 0.3) is 0 Å². The van der Waals surface area contributed by atoms with Crippen molar-refractivity contribution < 1.29 is 24.2 Å². The zero-order chi connectivity index (χ0) is 17.3. The molecule has 2 aliphatic heterocycles. The lowest BCUT2D eigenvalue weighted by Crippen LogP contribution is -2.55. The van der Waals surface area contributed by atoms with E-state index in [0.29, 0.717) is 30.0 Å². The number of piperidine rings is 1. The summed E-state index contributed by atoms with van der Waals surface area (Å²) in [5.41, 5.74) is 0.457. The number of ether oxygens (including phenoxy) is 1. The van der Waals surface area contributed by atoms with Crippen LogP contribution < -0.4 is 4.74 Å². The Labute approximate surface area is 139 Å². The van der Waals surface area contributed by atoms with Gasteiger partial charge in [0.1, 0.15) is 11.4 Å². The largest absolute Gasteiger partial charge is 0.484 e. The number of rotatable bonds is 2. The lowest BCUT2D eigenvalue weighted by molar-refractivity contribution is -0.135. The summed E-state index contributed by atoms with van der Waals surface area (Å²) in [4.78, 5) is 36.6. The minimum Gasteiger partial charge on any atom is -0.484 e. The summed E-state index contributed by atoms with van der Waals surface area (Å²) in [7, 11) is 0. The van der Waals surface area contributed by atoms with Crippen molar-refractivity contribution in [2.45, 2.75) is 31.8 Å². The number of hydrogen-bond acceptors (Lipinski definition) is 4. The molecule has 0 aromatic heterocycles. The van der Waals surface area contributed by atoms with Gasteiger partial charge in [0.05, 0.1) is 18.5 Å². The second-order valence-electron chi connectivity index (χ2n) is 6.36. The van der Waals surface area contributed by atoms with E-state index < -0.39 is 11.6 Å². The average Bonchev–Trinajstić information content (AvgIpc) is 2.53. The van der Waals surface area contributed by atoms with Crippen LogP contribution in [0.25, 0.3) is 6.08 Å². The number of Topliss-reactive ketones (excluding diaryl/α,β-unsaturated/α-hetero) is 1. The van der Waals surface area contributed by atoms with Gasteiger partial charge < -0.3 is 14.7 Å². The molecule has 24 heavy (non-hydrogen) atoms. The minimum atomic E-state index is -1.04. The van der Waals surface area contributed by atoms with Crippen molar-refractivity contribution in [1.29, 1.82) is 0 Å². The maximum absolute atomic E-state index is 12.6. The van der Waals surface area contributed by atoms with E-state index in [9.17, 15) is 14.4 Å². The summed E-state index contributed by atoms with van der Waals surface area (Å²) in [6.45, 7) is 2.65. The second kappa shape index (κ2) is 6.11. The number of carbonyl (C=O) groups excluding carboxylic acids is 2. The Morgan fingerprint density at radius 3 is 2.88 bits per heavy atom. The number of carbonyl (C=O) groups is 3. The van der Waals surface area contributed by atoms with Crippen LogP contribution in [0.5, 0.6) is 5.75 Å². The first-order valence-electron chi connectivity index (χ1n) is 7.91. The highest BCUT2D eigenvalue weighted by molar-refractivity contribution is 6.01. The molecule has 0 saturated carbocycles. The van der Waals surface area contributed by atoms with Gasteiger partial charge in [-0.15, -0.1) is 0 Å². The molecule has 1 unspecified atom stereocenters. The van der Waals surface area contributed by atoms with Gasteiger partial charge in [-0.2, -0.15) is 0 Å². The van der Waals surface area contributed by atoms with Gasteiger partial charge in [0.2, 0.25) is 5.91 Å². The number of likely N-dealkylation sites (tertiary alicyclic amines) is 1. The van der Waals surface area contributed by atoms with E-state index >= 15 is 0 Å². The maximum Gasteiger partial charge on any atom is 0.328 e. The molecule has 6 heteroatoms. The van der Waals surface area contributed by atoms with Crippen LogP contribution in [0, 0.1) is 0 Å². The zero-order valence-electron chi connectivity index (χ0n) is 13.4. The number of nitrogens with zero attached hydrogens (tertiary/aromatic N) is 1. The van der Waals surface area contributed by atoms with Gasteiger partial charge in [0, 0.05) is 19.5 Å². The number of amides is 1. The molecule has 1 atom stereocenters. The second-order valence-corrected chi connectivity index (χ2v) is 6.36. The molecule has 2 heterocycles. The Hall–Kier alpha value is -2.63. The monoisotopic (exact) mass is 329 g/mol. The molecule has 1 aromatic carbocycles.